The molecule has 11 nitrogen and oxygen atoms in total. The molecule has 320 valence electrons. The number of carboxylic acids is 1. The van der Waals surface area contributed by atoms with Gasteiger partial charge in [-0.15, -0.1) is 0 Å². The average Bonchev–Trinajstić information content (AvgIpc) is 3.17. The normalized spacial score (nSPS) is 14.5. The number of esters is 2. The molecule has 12 heteroatoms. The standard InChI is InChI=1S/C44H74NO10P/c1-3-5-7-9-11-13-15-17-19-20-22-23-25-27-29-31-33-35-42(46)52-37-40(38-53-56(50,51)54-39-41(45)44(48)49)55-43(47)36-34-32-30-28-26-24-21-18-16-14-12-10-8-6-4-2/h11,13,17-19,21-23,26-29,40-41H,3-10,12,14-16,20,24-25,30-39,45H2,1-2H3,(H,48,49)(H,50,51)/b13-11+,19-17+,21-18+,23-22+,28-26+,29-27+/t40-,41+/m1/s1. The first-order chi connectivity index (χ1) is 27.1. The summed E-state index contributed by atoms with van der Waals surface area (Å²) in [5, 5.41) is 8.88. The lowest BCUT2D eigenvalue weighted by molar-refractivity contribution is -0.161. The monoisotopic (exact) mass is 808 g/mol. The maximum absolute atomic E-state index is 12.6. The largest absolute Gasteiger partial charge is 0.480 e. The van der Waals surface area contributed by atoms with E-state index in [1.165, 1.54) is 57.8 Å². The molecule has 0 aromatic heterocycles. The molecule has 0 fully saturated rings. The molecule has 0 aliphatic rings. The van der Waals surface area contributed by atoms with Crippen molar-refractivity contribution in [1.29, 1.82) is 0 Å². The van der Waals surface area contributed by atoms with E-state index in [0.717, 1.165) is 51.4 Å². The van der Waals surface area contributed by atoms with E-state index in [2.05, 4.69) is 79.1 Å². The van der Waals surface area contributed by atoms with E-state index in [-0.39, 0.29) is 12.8 Å². The summed E-state index contributed by atoms with van der Waals surface area (Å²) in [4.78, 5) is 45.8. The van der Waals surface area contributed by atoms with Gasteiger partial charge in [0.15, 0.2) is 6.10 Å². The third-order valence-corrected chi connectivity index (χ3v) is 9.38. The van der Waals surface area contributed by atoms with E-state index in [1.54, 1.807) is 0 Å². The number of rotatable bonds is 38. The van der Waals surface area contributed by atoms with Crippen molar-refractivity contribution in [3.05, 3.63) is 72.9 Å². The van der Waals surface area contributed by atoms with Crippen molar-refractivity contribution in [2.75, 3.05) is 19.8 Å². The van der Waals surface area contributed by atoms with E-state index in [0.29, 0.717) is 19.3 Å². The number of nitrogens with two attached hydrogens (primary N) is 1. The first-order valence-corrected chi connectivity index (χ1v) is 22.5. The van der Waals surface area contributed by atoms with Crippen LogP contribution in [0.2, 0.25) is 0 Å². The minimum atomic E-state index is -4.74. The second-order valence-electron chi connectivity index (χ2n) is 13.8. The average molecular weight is 808 g/mol. The third-order valence-electron chi connectivity index (χ3n) is 8.43. The number of carbonyl (C=O) groups excluding carboxylic acids is 2. The topological polar surface area (TPSA) is 172 Å². The molecule has 1 unspecified atom stereocenters. The molecule has 0 amide bonds. The molecular weight excluding hydrogens is 733 g/mol. The van der Waals surface area contributed by atoms with Gasteiger partial charge < -0.3 is 25.2 Å². The molecule has 4 N–H and O–H groups in total. The molecule has 0 saturated carbocycles. The molecule has 0 rings (SSSR count). The third kappa shape index (κ3) is 37.8. The quantitative estimate of drug-likeness (QED) is 0.0235. The summed E-state index contributed by atoms with van der Waals surface area (Å²) in [6.45, 7) is 2.66. The number of carbonyl (C=O) groups is 3. The highest BCUT2D eigenvalue weighted by molar-refractivity contribution is 7.47. The van der Waals surface area contributed by atoms with Crippen molar-refractivity contribution in [2.24, 2.45) is 5.73 Å². The number of unbranched alkanes of at least 4 members (excludes halogenated alkanes) is 12. The van der Waals surface area contributed by atoms with Gasteiger partial charge in [-0.1, -0.05) is 132 Å². The fourth-order valence-corrected chi connectivity index (χ4v) is 5.86. The zero-order chi connectivity index (χ0) is 41.4. The lowest BCUT2D eigenvalue weighted by Gasteiger charge is -2.20. The molecule has 0 aliphatic heterocycles. The van der Waals surface area contributed by atoms with Crippen molar-refractivity contribution < 1.29 is 47.5 Å². The predicted molar refractivity (Wildman–Crippen MR) is 226 cm³/mol. The molecule has 0 heterocycles. The lowest BCUT2D eigenvalue weighted by atomic mass is 10.1. The second kappa shape index (κ2) is 38.8. The molecule has 0 saturated heterocycles. The molecule has 0 bridgehead atoms. The predicted octanol–water partition coefficient (Wildman–Crippen LogP) is 10.9. The van der Waals surface area contributed by atoms with Crippen LogP contribution < -0.4 is 5.73 Å². The number of phosphoric acid groups is 1. The summed E-state index contributed by atoms with van der Waals surface area (Å²) < 4.78 is 32.5. The van der Waals surface area contributed by atoms with Crippen LogP contribution in [0.3, 0.4) is 0 Å². The van der Waals surface area contributed by atoms with E-state index in [4.69, 9.17) is 24.8 Å². The minimum Gasteiger partial charge on any atom is -0.480 e. The highest BCUT2D eigenvalue weighted by atomic mass is 31.2. The Balaban J connectivity index is 4.55. The summed E-state index contributed by atoms with van der Waals surface area (Å²) in [5.41, 5.74) is 5.32. The Kier molecular flexibility index (Phi) is 36.6. The Morgan fingerprint density at radius 2 is 0.964 bits per heavy atom. The van der Waals surface area contributed by atoms with Gasteiger partial charge in [-0.2, -0.15) is 0 Å². The molecule has 0 aromatic carbocycles. The van der Waals surface area contributed by atoms with Crippen molar-refractivity contribution in [3.8, 4) is 0 Å². The second-order valence-corrected chi connectivity index (χ2v) is 15.2. The molecule has 56 heavy (non-hydrogen) atoms. The van der Waals surface area contributed by atoms with E-state index < -0.39 is 57.7 Å². The number of allylic oxidation sites excluding steroid dienone is 12. The zero-order valence-electron chi connectivity index (χ0n) is 34.4. The molecule has 0 radical (unpaired) electrons. The van der Waals surface area contributed by atoms with Crippen LogP contribution in [0.1, 0.15) is 155 Å². The van der Waals surface area contributed by atoms with Gasteiger partial charge in [-0.05, 0) is 83.5 Å². The summed E-state index contributed by atoms with van der Waals surface area (Å²) in [7, 11) is -4.74. The summed E-state index contributed by atoms with van der Waals surface area (Å²) in [5.74, 6) is -2.50. The Morgan fingerprint density at radius 1 is 0.554 bits per heavy atom. The van der Waals surface area contributed by atoms with Gasteiger partial charge in [0.2, 0.25) is 0 Å². The van der Waals surface area contributed by atoms with Crippen molar-refractivity contribution in [1.82, 2.24) is 0 Å². The smallest absolute Gasteiger partial charge is 0.472 e. The number of aliphatic carboxylic acids is 1. The first-order valence-electron chi connectivity index (χ1n) is 21.0. The van der Waals surface area contributed by atoms with Gasteiger partial charge in [-0.25, -0.2) is 4.57 Å². The number of phosphoric ester groups is 1. The van der Waals surface area contributed by atoms with Crippen LogP contribution in [-0.2, 0) is 37.5 Å². The maximum Gasteiger partial charge on any atom is 0.472 e. The molecule has 0 aromatic rings. The van der Waals surface area contributed by atoms with Gasteiger partial charge in [-0.3, -0.25) is 23.4 Å². The van der Waals surface area contributed by atoms with E-state index in [1.807, 2.05) is 12.2 Å². The van der Waals surface area contributed by atoms with Crippen molar-refractivity contribution >= 4 is 25.7 Å². The molecule has 0 spiro atoms. The highest BCUT2D eigenvalue weighted by Gasteiger charge is 2.28. The molecule has 3 atom stereocenters. The van der Waals surface area contributed by atoms with Gasteiger partial charge >= 0.3 is 25.7 Å². The van der Waals surface area contributed by atoms with Gasteiger partial charge in [0.05, 0.1) is 13.2 Å². The fraction of sp³-hybridized carbons (Fsp3) is 0.659. The van der Waals surface area contributed by atoms with Crippen LogP contribution in [0.4, 0.5) is 0 Å². The van der Waals surface area contributed by atoms with Gasteiger partial charge in [0.1, 0.15) is 12.6 Å². The Morgan fingerprint density at radius 3 is 1.50 bits per heavy atom. The summed E-state index contributed by atoms with van der Waals surface area (Å²) >= 11 is 0. The Labute approximate surface area is 338 Å². The molecule has 0 aliphatic carbocycles. The Hall–Kier alpha value is -3.08. The maximum atomic E-state index is 12.6. The van der Waals surface area contributed by atoms with Crippen LogP contribution >= 0.6 is 7.82 Å². The van der Waals surface area contributed by atoms with Crippen LogP contribution in [0.15, 0.2) is 72.9 Å². The summed E-state index contributed by atoms with van der Waals surface area (Å²) in [6.07, 6.45) is 45.5. The molecular formula is C44H74NO10P. The Bertz CT molecular complexity index is 1230. The lowest BCUT2D eigenvalue weighted by Crippen LogP contribution is -2.34. The number of ether oxygens (including phenoxy) is 2. The van der Waals surface area contributed by atoms with Gasteiger partial charge in [0.25, 0.3) is 0 Å². The fourth-order valence-electron chi connectivity index (χ4n) is 5.09. The highest BCUT2D eigenvalue weighted by Crippen LogP contribution is 2.43. The van der Waals surface area contributed by atoms with Crippen LogP contribution in [0.5, 0.6) is 0 Å². The van der Waals surface area contributed by atoms with Crippen molar-refractivity contribution in [2.45, 2.75) is 167 Å². The van der Waals surface area contributed by atoms with Crippen molar-refractivity contribution in [3.63, 3.8) is 0 Å². The van der Waals surface area contributed by atoms with Crippen LogP contribution in [-0.4, -0.2) is 59.9 Å². The number of hydrogen-bond donors (Lipinski definition) is 3. The number of hydrogen-bond acceptors (Lipinski definition) is 9. The van der Waals surface area contributed by atoms with E-state index >= 15 is 0 Å². The SMILES string of the molecule is CCCCC/C=C/C/C=C/C/C=C/C/C=C/CCCC(=O)OC[C@H](COP(=O)(O)OC[C@H](N)C(=O)O)OC(=O)CCCC/C=C/C/C=C/CCCCCCCC. The van der Waals surface area contributed by atoms with E-state index in [9.17, 15) is 23.8 Å². The van der Waals surface area contributed by atoms with Gasteiger partial charge in [0, 0.05) is 12.8 Å². The first kappa shape index (κ1) is 52.9. The van der Waals surface area contributed by atoms with Crippen LogP contribution in [0, 0.1) is 0 Å². The summed E-state index contributed by atoms with van der Waals surface area (Å²) in [6, 6.07) is -1.54. The minimum absolute atomic E-state index is 0.103. The number of carboxylic acid groups (broad SMARTS) is 1. The van der Waals surface area contributed by atoms with Crippen LogP contribution in [0.25, 0.3) is 0 Å². The zero-order valence-corrected chi connectivity index (χ0v) is 35.3.